The summed E-state index contributed by atoms with van der Waals surface area (Å²) in [7, 11) is 0. The van der Waals surface area contributed by atoms with Gasteiger partial charge in [0.15, 0.2) is 0 Å². The average molecular weight is 319 g/mol. The summed E-state index contributed by atoms with van der Waals surface area (Å²) in [5.41, 5.74) is -0.134. The predicted octanol–water partition coefficient (Wildman–Crippen LogP) is 4.81. The molecule has 0 radical (unpaired) electrons. The van der Waals surface area contributed by atoms with Gasteiger partial charge in [-0.05, 0) is 34.5 Å². The van der Waals surface area contributed by atoms with E-state index < -0.39 is 11.6 Å². The molecule has 0 aromatic heterocycles. The first-order chi connectivity index (χ1) is 8.56. The van der Waals surface area contributed by atoms with E-state index >= 15 is 0 Å². The summed E-state index contributed by atoms with van der Waals surface area (Å²) in [6.07, 6.45) is 4.21. The second-order valence-corrected chi connectivity index (χ2v) is 5.20. The number of carbonyl (C=O) groups excluding carboxylic acids is 1. The van der Waals surface area contributed by atoms with Gasteiger partial charge in [-0.1, -0.05) is 26.2 Å². The van der Waals surface area contributed by atoms with E-state index in [1.807, 2.05) is 0 Å². The Bertz CT molecular complexity index is 419. The number of ketones is 1. The van der Waals surface area contributed by atoms with Gasteiger partial charge in [-0.2, -0.15) is 0 Å². The molecule has 0 N–H and O–H groups in total. The van der Waals surface area contributed by atoms with Crippen LogP contribution in [0.15, 0.2) is 16.6 Å². The second kappa shape index (κ2) is 7.62. The molecule has 1 nitrogen and oxygen atoms in total. The van der Waals surface area contributed by atoms with Crippen LogP contribution in [0.2, 0.25) is 0 Å². The van der Waals surface area contributed by atoms with E-state index in [0.29, 0.717) is 6.42 Å². The van der Waals surface area contributed by atoms with E-state index in [4.69, 9.17) is 0 Å². The van der Waals surface area contributed by atoms with Crippen LogP contribution in [0, 0.1) is 11.6 Å². The van der Waals surface area contributed by atoms with Crippen LogP contribution in [0.5, 0.6) is 0 Å². The number of rotatable bonds is 7. The maximum atomic E-state index is 13.6. The van der Waals surface area contributed by atoms with Gasteiger partial charge < -0.3 is 0 Å². The third kappa shape index (κ3) is 4.48. The van der Waals surface area contributed by atoms with Crippen LogP contribution in [0.4, 0.5) is 8.78 Å². The van der Waals surface area contributed by atoms with E-state index in [2.05, 4.69) is 22.9 Å². The summed E-state index contributed by atoms with van der Waals surface area (Å²) in [5, 5.41) is 0. The van der Waals surface area contributed by atoms with Gasteiger partial charge in [0, 0.05) is 18.4 Å². The highest BCUT2D eigenvalue weighted by Gasteiger charge is 2.15. The van der Waals surface area contributed by atoms with Crippen molar-refractivity contribution in [3.05, 3.63) is 33.8 Å². The molecule has 1 aromatic carbocycles. The first-order valence-electron chi connectivity index (χ1n) is 6.20. The molecule has 0 unspecified atom stereocenters. The molecule has 0 saturated heterocycles. The maximum absolute atomic E-state index is 13.6. The van der Waals surface area contributed by atoms with Crippen molar-refractivity contribution < 1.29 is 13.6 Å². The summed E-state index contributed by atoms with van der Waals surface area (Å²) in [6, 6.07) is 2.48. The Morgan fingerprint density at radius 3 is 2.61 bits per heavy atom. The maximum Gasteiger partial charge on any atom is 0.143 e. The van der Waals surface area contributed by atoms with Gasteiger partial charge in [-0.15, -0.1) is 0 Å². The molecule has 18 heavy (non-hydrogen) atoms. The quantitative estimate of drug-likeness (QED) is 0.521. The lowest BCUT2D eigenvalue weighted by Gasteiger charge is -2.06. The minimum Gasteiger partial charge on any atom is -0.299 e. The first kappa shape index (κ1) is 15.3. The fourth-order valence-electron chi connectivity index (χ4n) is 1.77. The topological polar surface area (TPSA) is 17.1 Å². The van der Waals surface area contributed by atoms with Crippen molar-refractivity contribution in [1.29, 1.82) is 0 Å². The van der Waals surface area contributed by atoms with Crippen molar-refractivity contribution in [3.8, 4) is 0 Å². The Balaban J connectivity index is 2.57. The van der Waals surface area contributed by atoms with E-state index in [-0.39, 0.29) is 22.2 Å². The second-order valence-electron chi connectivity index (χ2n) is 4.35. The molecule has 0 amide bonds. The molecule has 0 saturated carbocycles. The Morgan fingerprint density at radius 1 is 1.22 bits per heavy atom. The average Bonchev–Trinajstić information content (AvgIpc) is 2.35. The number of halogens is 3. The molecule has 0 spiro atoms. The Morgan fingerprint density at radius 2 is 1.94 bits per heavy atom. The number of benzene rings is 1. The van der Waals surface area contributed by atoms with Crippen LogP contribution < -0.4 is 0 Å². The normalized spacial score (nSPS) is 10.7. The molecule has 0 bridgehead atoms. The Labute approximate surface area is 115 Å². The summed E-state index contributed by atoms with van der Waals surface area (Å²) in [6.45, 7) is 2.09. The van der Waals surface area contributed by atoms with Crippen LogP contribution in [0.1, 0.15) is 44.6 Å². The monoisotopic (exact) mass is 318 g/mol. The smallest absolute Gasteiger partial charge is 0.143 e. The van der Waals surface area contributed by atoms with Crippen LogP contribution in [0.3, 0.4) is 0 Å². The molecule has 0 fully saturated rings. The molecule has 0 aliphatic heterocycles. The molecule has 1 aromatic rings. The number of unbranched alkanes of at least 4 members (excludes halogenated alkanes) is 3. The zero-order chi connectivity index (χ0) is 13.5. The minimum atomic E-state index is -0.670. The molecule has 100 valence electrons. The lowest BCUT2D eigenvalue weighted by Crippen LogP contribution is -2.07. The highest BCUT2D eigenvalue weighted by atomic mass is 79.9. The molecule has 0 aliphatic rings. The van der Waals surface area contributed by atoms with E-state index in [9.17, 15) is 13.6 Å². The van der Waals surface area contributed by atoms with Gasteiger partial charge in [0.2, 0.25) is 0 Å². The van der Waals surface area contributed by atoms with Crippen molar-refractivity contribution in [2.24, 2.45) is 0 Å². The number of hydrogen-bond donors (Lipinski definition) is 0. The summed E-state index contributed by atoms with van der Waals surface area (Å²) in [5.74, 6) is -1.43. The van der Waals surface area contributed by atoms with Crippen molar-refractivity contribution in [2.75, 3.05) is 0 Å². The van der Waals surface area contributed by atoms with Gasteiger partial charge >= 0.3 is 0 Å². The van der Waals surface area contributed by atoms with Gasteiger partial charge in [0.25, 0.3) is 0 Å². The van der Waals surface area contributed by atoms with Crippen LogP contribution in [-0.2, 0) is 11.2 Å². The molecule has 1 rings (SSSR count). The van der Waals surface area contributed by atoms with Crippen molar-refractivity contribution in [1.82, 2.24) is 0 Å². The summed E-state index contributed by atoms with van der Waals surface area (Å²) in [4.78, 5) is 11.6. The zero-order valence-electron chi connectivity index (χ0n) is 10.4. The van der Waals surface area contributed by atoms with E-state index in [0.717, 1.165) is 25.7 Å². The van der Waals surface area contributed by atoms with Crippen LogP contribution in [0.25, 0.3) is 0 Å². The highest BCUT2D eigenvalue weighted by molar-refractivity contribution is 9.10. The molecule has 4 heteroatoms. The van der Waals surface area contributed by atoms with Crippen molar-refractivity contribution in [2.45, 2.75) is 45.4 Å². The Hall–Kier alpha value is -0.770. The largest absolute Gasteiger partial charge is 0.299 e. The van der Waals surface area contributed by atoms with Crippen molar-refractivity contribution >= 4 is 21.7 Å². The number of Topliss-reactive ketones (excluding diaryl/α,β-unsaturated/α-hetero) is 1. The fourth-order valence-corrected chi connectivity index (χ4v) is 2.14. The van der Waals surface area contributed by atoms with Gasteiger partial charge in [0.05, 0.1) is 4.47 Å². The molecular weight excluding hydrogens is 302 g/mol. The third-order valence-electron chi connectivity index (χ3n) is 2.82. The number of carbonyl (C=O) groups is 1. The predicted molar refractivity (Wildman–Crippen MR) is 71.5 cm³/mol. The standard InChI is InChI=1S/C14H17BrF2O/c1-2-3-4-5-6-10(18)9-11-13(16)8-7-12(15)14(11)17/h7-8H,2-6,9H2,1H3. The fraction of sp³-hybridized carbons (Fsp3) is 0.500. The first-order valence-corrected chi connectivity index (χ1v) is 6.99. The summed E-state index contributed by atoms with van der Waals surface area (Å²) < 4.78 is 27.2. The SMILES string of the molecule is CCCCCCC(=O)Cc1c(F)ccc(Br)c1F. The van der Waals surface area contributed by atoms with Crippen molar-refractivity contribution in [3.63, 3.8) is 0 Å². The Kier molecular flexibility index (Phi) is 6.47. The zero-order valence-corrected chi connectivity index (χ0v) is 12.0. The lowest BCUT2D eigenvalue weighted by atomic mass is 10.0. The van der Waals surface area contributed by atoms with Crippen LogP contribution >= 0.6 is 15.9 Å². The van der Waals surface area contributed by atoms with E-state index in [1.165, 1.54) is 12.1 Å². The molecular formula is C14H17BrF2O. The molecule has 0 aliphatic carbocycles. The van der Waals surface area contributed by atoms with Gasteiger partial charge in [-0.25, -0.2) is 8.78 Å². The van der Waals surface area contributed by atoms with E-state index in [1.54, 1.807) is 0 Å². The highest BCUT2D eigenvalue weighted by Crippen LogP contribution is 2.22. The minimum absolute atomic E-state index is 0.109. The van der Waals surface area contributed by atoms with Gasteiger partial charge in [-0.3, -0.25) is 4.79 Å². The lowest BCUT2D eigenvalue weighted by molar-refractivity contribution is -0.118. The van der Waals surface area contributed by atoms with Gasteiger partial charge in [0.1, 0.15) is 17.4 Å². The molecule has 0 heterocycles. The van der Waals surface area contributed by atoms with Crippen LogP contribution in [-0.4, -0.2) is 5.78 Å². The summed E-state index contributed by atoms with van der Waals surface area (Å²) >= 11 is 2.99. The number of hydrogen-bond acceptors (Lipinski definition) is 1. The third-order valence-corrected chi connectivity index (χ3v) is 3.43. The molecule has 0 atom stereocenters.